The lowest BCUT2D eigenvalue weighted by Crippen LogP contribution is -2.34. The number of aromatic nitrogens is 4. The SMILES string of the molecule is CC(=O)OC[C@H]1O[C@@H](n2cnc3c(OCc4ccccc4)nc(N)nc32)[C@H](O)[C@@H]1O. The minimum absolute atomic E-state index is 0.0446. The van der Waals surface area contributed by atoms with Crippen LogP contribution in [0.25, 0.3) is 11.2 Å². The first-order chi connectivity index (χ1) is 14.4. The average Bonchev–Trinajstić information content (AvgIpc) is 3.26. The number of nitrogens with two attached hydrogens (primary N) is 1. The van der Waals surface area contributed by atoms with Gasteiger partial charge in [-0.15, -0.1) is 0 Å². The number of aliphatic hydroxyl groups is 2. The van der Waals surface area contributed by atoms with Crippen LogP contribution in [-0.4, -0.2) is 60.6 Å². The Morgan fingerprint density at radius 3 is 2.73 bits per heavy atom. The lowest BCUT2D eigenvalue weighted by molar-refractivity contribution is -0.147. The van der Waals surface area contributed by atoms with Gasteiger partial charge in [-0.2, -0.15) is 9.97 Å². The number of anilines is 1. The molecule has 1 fully saturated rings. The van der Waals surface area contributed by atoms with Gasteiger partial charge in [0.15, 0.2) is 17.4 Å². The predicted octanol–water partition coefficient (Wildman–Crippen LogP) is 0.170. The summed E-state index contributed by atoms with van der Waals surface area (Å²) >= 11 is 0. The summed E-state index contributed by atoms with van der Waals surface area (Å²) in [5.74, 6) is -0.376. The van der Waals surface area contributed by atoms with Crippen LogP contribution in [0, 0.1) is 0 Å². The third-order valence-corrected chi connectivity index (χ3v) is 4.69. The highest BCUT2D eigenvalue weighted by Crippen LogP contribution is 2.33. The highest BCUT2D eigenvalue weighted by atomic mass is 16.6. The number of nitrogen functional groups attached to an aromatic ring is 1. The summed E-state index contributed by atoms with van der Waals surface area (Å²) in [6.07, 6.45) is -3.09. The lowest BCUT2D eigenvalue weighted by atomic mass is 10.1. The molecule has 3 heterocycles. The molecule has 0 unspecified atom stereocenters. The summed E-state index contributed by atoms with van der Waals surface area (Å²) < 4.78 is 17.8. The molecular weight excluding hydrogens is 394 g/mol. The van der Waals surface area contributed by atoms with Gasteiger partial charge < -0.3 is 30.2 Å². The molecular formula is C19H21N5O6. The van der Waals surface area contributed by atoms with Gasteiger partial charge in [0.1, 0.15) is 31.5 Å². The molecule has 158 valence electrons. The smallest absolute Gasteiger partial charge is 0.302 e. The molecule has 0 radical (unpaired) electrons. The highest BCUT2D eigenvalue weighted by Gasteiger charge is 2.45. The largest absolute Gasteiger partial charge is 0.471 e. The van der Waals surface area contributed by atoms with E-state index in [-0.39, 0.29) is 30.7 Å². The number of imidazole rings is 1. The zero-order valence-corrected chi connectivity index (χ0v) is 16.1. The average molecular weight is 415 g/mol. The van der Waals surface area contributed by atoms with Gasteiger partial charge in [-0.1, -0.05) is 30.3 Å². The molecule has 4 rings (SSSR count). The quantitative estimate of drug-likeness (QED) is 0.474. The van der Waals surface area contributed by atoms with Gasteiger partial charge in [0, 0.05) is 6.92 Å². The van der Waals surface area contributed by atoms with E-state index < -0.39 is 30.5 Å². The van der Waals surface area contributed by atoms with Crippen LogP contribution in [0.1, 0.15) is 18.7 Å². The molecule has 2 aromatic heterocycles. The first kappa shape index (κ1) is 20.0. The van der Waals surface area contributed by atoms with Gasteiger partial charge in [-0.05, 0) is 5.56 Å². The van der Waals surface area contributed by atoms with E-state index in [0.717, 1.165) is 5.56 Å². The Bertz CT molecular complexity index is 1040. The van der Waals surface area contributed by atoms with E-state index in [1.54, 1.807) is 0 Å². The van der Waals surface area contributed by atoms with Crippen molar-refractivity contribution in [1.29, 1.82) is 0 Å². The van der Waals surface area contributed by atoms with Crippen molar-refractivity contribution in [2.24, 2.45) is 0 Å². The van der Waals surface area contributed by atoms with E-state index >= 15 is 0 Å². The highest BCUT2D eigenvalue weighted by molar-refractivity contribution is 5.77. The summed E-state index contributed by atoms with van der Waals surface area (Å²) in [4.78, 5) is 23.6. The summed E-state index contributed by atoms with van der Waals surface area (Å²) in [5, 5.41) is 20.7. The number of carbonyl (C=O) groups is 1. The fourth-order valence-corrected chi connectivity index (χ4v) is 3.22. The maximum Gasteiger partial charge on any atom is 0.302 e. The van der Waals surface area contributed by atoms with Gasteiger partial charge in [0.2, 0.25) is 11.8 Å². The minimum Gasteiger partial charge on any atom is -0.471 e. The van der Waals surface area contributed by atoms with Gasteiger partial charge in [0.05, 0.1) is 6.33 Å². The maximum atomic E-state index is 11.0. The number of hydrogen-bond donors (Lipinski definition) is 3. The standard InChI is InChI=1S/C19H21N5O6/c1-10(25)28-8-12-14(26)15(27)18(30-12)24-9-21-13-16(24)22-19(20)23-17(13)29-7-11-5-3-2-4-6-11/h2-6,9,12,14-15,18,26-27H,7-8H2,1H3,(H2,20,22,23)/t12-,14-,15-,18-/m1/s1. The fraction of sp³-hybridized carbons (Fsp3) is 0.368. The van der Waals surface area contributed by atoms with E-state index in [9.17, 15) is 15.0 Å². The Balaban J connectivity index is 1.60. The molecule has 0 amide bonds. The molecule has 1 aromatic carbocycles. The van der Waals surface area contributed by atoms with E-state index in [1.807, 2.05) is 30.3 Å². The van der Waals surface area contributed by atoms with Crippen molar-refractivity contribution in [1.82, 2.24) is 19.5 Å². The molecule has 1 aliphatic heterocycles. The van der Waals surface area contributed by atoms with E-state index in [2.05, 4.69) is 15.0 Å². The molecule has 1 saturated heterocycles. The molecule has 0 spiro atoms. The Morgan fingerprint density at radius 1 is 1.23 bits per heavy atom. The minimum atomic E-state index is -1.30. The van der Waals surface area contributed by atoms with Crippen LogP contribution < -0.4 is 10.5 Å². The normalized spacial score (nSPS) is 23.6. The van der Waals surface area contributed by atoms with Crippen molar-refractivity contribution in [2.75, 3.05) is 12.3 Å². The van der Waals surface area contributed by atoms with E-state index in [0.29, 0.717) is 5.52 Å². The van der Waals surface area contributed by atoms with Crippen molar-refractivity contribution in [3.05, 3.63) is 42.2 Å². The molecule has 4 N–H and O–H groups in total. The van der Waals surface area contributed by atoms with Crippen molar-refractivity contribution in [3.63, 3.8) is 0 Å². The second-order valence-corrected chi connectivity index (χ2v) is 6.83. The maximum absolute atomic E-state index is 11.0. The van der Waals surface area contributed by atoms with E-state index in [1.165, 1.54) is 17.8 Å². The summed E-state index contributed by atoms with van der Waals surface area (Å²) in [6.45, 7) is 1.31. The molecule has 11 heteroatoms. The van der Waals surface area contributed by atoms with Crippen LogP contribution in [0.15, 0.2) is 36.7 Å². The Morgan fingerprint density at radius 2 is 2.00 bits per heavy atom. The predicted molar refractivity (Wildman–Crippen MR) is 103 cm³/mol. The number of benzene rings is 1. The summed E-state index contributed by atoms with van der Waals surface area (Å²) in [6, 6.07) is 9.52. The van der Waals surface area contributed by atoms with Crippen LogP contribution in [-0.2, 0) is 20.9 Å². The van der Waals surface area contributed by atoms with E-state index in [4.69, 9.17) is 19.9 Å². The Labute approximate surface area is 171 Å². The third kappa shape index (κ3) is 3.90. The topological polar surface area (TPSA) is 155 Å². The van der Waals surface area contributed by atoms with Gasteiger partial charge >= 0.3 is 5.97 Å². The number of fused-ring (bicyclic) bond motifs is 1. The van der Waals surface area contributed by atoms with Gasteiger partial charge in [-0.3, -0.25) is 9.36 Å². The van der Waals surface area contributed by atoms with Crippen LogP contribution >= 0.6 is 0 Å². The summed E-state index contributed by atoms with van der Waals surface area (Å²) in [5.41, 5.74) is 7.38. The van der Waals surface area contributed by atoms with Crippen molar-refractivity contribution in [2.45, 2.75) is 38.1 Å². The lowest BCUT2D eigenvalue weighted by Gasteiger charge is -2.16. The number of esters is 1. The Kier molecular flexibility index (Phi) is 5.48. The van der Waals surface area contributed by atoms with Crippen molar-refractivity contribution in [3.8, 4) is 5.88 Å². The zero-order valence-electron chi connectivity index (χ0n) is 16.1. The van der Waals surface area contributed by atoms with Crippen LogP contribution in [0.3, 0.4) is 0 Å². The molecule has 0 aliphatic carbocycles. The molecule has 30 heavy (non-hydrogen) atoms. The monoisotopic (exact) mass is 415 g/mol. The molecule has 3 aromatic rings. The molecule has 0 saturated carbocycles. The van der Waals surface area contributed by atoms with Crippen molar-refractivity contribution >= 4 is 23.1 Å². The second-order valence-electron chi connectivity index (χ2n) is 6.83. The number of nitrogens with zero attached hydrogens (tertiary/aromatic N) is 4. The first-order valence-electron chi connectivity index (χ1n) is 9.25. The van der Waals surface area contributed by atoms with Crippen LogP contribution in [0.4, 0.5) is 5.95 Å². The number of rotatable bonds is 6. The molecule has 4 atom stereocenters. The number of hydrogen-bond acceptors (Lipinski definition) is 10. The van der Waals surface area contributed by atoms with Gasteiger partial charge in [-0.25, -0.2) is 4.98 Å². The Hall–Kier alpha value is -3.28. The van der Waals surface area contributed by atoms with Gasteiger partial charge in [0.25, 0.3) is 0 Å². The first-order valence-corrected chi connectivity index (χ1v) is 9.25. The summed E-state index contributed by atoms with van der Waals surface area (Å²) in [7, 11) is 0. The number of carbonyl (C=O) groups excluding carboxylic acids is 1. The fourth-order valence-electron chi connectivity index (χ4n) is 3.22. The van der Waals surface area contributed by atoms with Crippen LogP contribution in [0.2, 0.25) is 0 Å². The zero-order chi connectivity index (χ0) is 21.3. The van der Waals surface area contributed by atoms with Crippen molar-refractivity contribution < 1.29 is 29.2 Å². The van der Waals surface area contributed by atoms with Crippen LogP contribution in [0.5, 0.6) is 5.88 Å². The third-order valence-electron chi connectivity index (χ3n) is 4.69. The number of ether oxygens (including phenoxy) is 3. The number of aliphatic hydroxyl groups excluding tert-OH is 2. The molecule has 1 aliphatic rings. The molecule has 11 nitrogen and oxygen atoms in total. The molecule has 0 bridgehead atoms. The second kappa shape index (κ2) is 8.22.